The Morgan fingerprint density at radius 2 is 1.87 bits per heavy atom. The number of hydrogen-bond acceptors (Lipinski definition) is 1. The molecule has 1 aliphatic rings. The zero-order chi connectivity index (χ0) is 16.8. The van der Waals surface area contributed by atoms with E-state index in [2.05, 4.69) is 87.4 Å². The summed E-state index contributed by atoms with van der Waals surface area (Å²) in [6, 6.07) is 9.00. The lowest BCUT2D eigenvalue weighted by Gasteiger charge is -2.23. The standard InChI is InChI=1S/C21H28NS/c1-15(2)18-9-7-8-16(3)19(18)22-14-21(6,13-20(22,4)5)17-10-11-23-12-17/h7-12,14-15H,13H2,1-6H3/q+1. The maximum atomic E-state index is 2.55. The monoisotopic (exact) mass is 326 g/mol. The molecule has 0 spiro atoms. The van der Waals surface area contributed by atoms with Crippen LogP contribution < -0.4 is 0 Å². The van der Waals surface area contributed by atoms with E-state index < -0.39 is 0 Å². The first-order valence-corrected chi connectivity index (χ1v) is 9.46. The summed E-state index contributed by atoms with van der Waals surface area (Å²) in [7, 11) is 0. The van der Waals surface area contributed by atoms with Crippen molar-refractivity contribution in [1.29, 1.82) is 0 Å². The quantitative estimate of drug-likeness (QED) is 0.605. The molecule has 1 atom stereocenters. The van der Waals surface area contributed by atoms with Crippen LogP contribution in [0.4, 0.5) is 5.69 Å². The fourth-order valence-electron chi connectivity index (χ4n) is 4.10. The van der Waals surface area contributed by atoms with Gasteiger partial charge >= 0.3 is 0 Å². The van der Waals surface area contributed by atoms with Crippen LogP contribution in [-0.2, 0) is 5.41 Å². The topological polar surface area (TPSA) is 3.01 Å². The highest BCUT2D eigenvalue weighted by Gasteiger charge is 2.50. The number of para-hydroxylation sites is 1. The number of benzene rings is 1. The molecule has 0 fully saturated rings. The van der Waals surface area contributed by atoms with Gasteiger partial charge in [-0.3, -0.25) is 0 Å². The third-order valence-corrected chi connectivity index (χ3v) is 5.86. The first-order valence-electron chi connectivity index (χ1n) is 8.52. The number of aryl methyl sites for hydroxylation is 1. The second kappa shape index (κ2) is 5.59. The molecule has 2 aromatic rings. The largest absolute Gasteiger partial charge is 0.211 e. The molecule has 1 unspecified atom stereocenters. The summed E-state index contributed by atoms with van der Waals surface area (Å²) < 4.78 is 2.55. The maximum Gasteiger partial charge on any atom is 0.211 e. The van der Waals surface area contributed by atoms with Crippen molar-refractivity contribution in [3.63, 3.8) is 0 Å². The number of nitrogens with zero attached hydrogens (tertiary/aromatic N) is 1. The molecule has 2 heteroatoms. The van der Waals surface area contributed by atoms with Crippen LogP contribution >= 0.6 is 11.3 Å². The minimum Gasteiger partial charge on any atom is -0.197 e. The molecule has 1 aromatic heterocycles. The van der Waals surface area contributed by atoms with Gasteiger partial charge in [0.2, 0.25) is 5.69 Å². The van der Waals surface area contributed by atoms with E-state index in [0.717, 1.165) is 6.42 Å². The first kappa shape index (κ1) is 16.4. The van der Waals surface area contributed by atoms with Crippen LogP contribution in [0.3, 0.4) is 0 Å². The maximum absolute atomic E-state index is 2.55. The fourth-order valence-corrected chi connectivity index (χ4v) is 4.90. The highest BCUT2D eigenvalue weighted by Crippen LogP contribution is 2.44. The van der Waals surface area contributed by atoms with Crippen LogP contribution in [-0.4, -0.2) is 16.3 Å². The summed E-state index contributed by atoms with van der Waals surface area (Å²) in [6.45, 7) is 13.9. The van der Waals surface area contributed by atoms with Gasteiger partial charge in [0.1, 0.15) is 0 Å². The predicted molar refractivity (Wildman–Crippen MR) is 102 cm³/mol. The van der Waals surface area contributed by atoms with Gasteiger partial charge in [0, 0.05) is 31.4 Å². The van der Waals surface area contributed by atoms with Crippen molar-refractivity contribution < 1.29 is 4.58 Å². The van der Waals surface area contributed by atoms with E-state index in [1.54, 1.807) is 11.3 Å². The van der Waals surface area contributed by atoms with Crippen LogP contribution in [0, 0.1) is 6.92 Å². The van der Waals surface area contributed by atoms with E-state index in [9.17, 15) is 0 Å². The summed E-state index contributed by atoms with van der Waals surface area (Å²) in [5.74, 6) is 0.530. The smallest absolute Gasteiger partial charge is 0.197 e. The van der Waals surface area contributed by atoms with Crippen LogP contribution in [0.15, 0.2) is 35.0 Å². The van der Waals surface area contributed by atoms with E-state index in [1.165, 1.54) is 22.4 Å². The first-order chi connectivity index (χ1) is 10.7. The molecular formula is C21H28NS+. The van der Waals surface area contributed by atoms with Gasteiger partial charge in [0.25, 0.3) is 0 Å². The second-order valence-electron chi connectivity index (χ2n) is 8.09. The summed E-state index contributed by atoms with van der Waals surface area (Å²) in [5.41, 5.74) is 5.90. The third kappa shape index (κ3) is 2.78. The van der Waals surface area contributed by atoms with Crippen molar-refractivity contribution in [1.82, 2.24) is 0 Å². The van der Waals surface area contributed by atoms with Gasteiger partial charge in [-0.2, -0.15) is 15.9 Å². The predicted octanol–water partition coefficient (Wildman–Crippen LogP) is 6.03. The molecule has 0 bridgehead atoms. The lowest BCUT2D eigenvalue weighted by Crippen LogP contribution is -2.31. The number of rotatable bonds is 3. The van der Waals surface area contributed by atoms with Gasteiger partial charge in [-0.05, 0) is 42.2 Å². The summed E-state index contributed by atoms with van der Waals surface area (Å²) in [5, 5.41) is 4.49. The van der Waals surface area contributed by atoms with E-state index in [0.29, 0.717) is 5.92 Å². The molecule has 2 heterocycles. The van der Waals surface area contributed by atoms with Crippen molar-refractivity contribution in [2.24, 2.45) is 0 Å². The van der Waals surface area contributed by atoms with Crippen LogP contribution in [0.5, 0.6) is 0 Å². The SMILES string of the molecule is Cc1cccc(C(C)C)c1[N+]1=CC(C)(c2ccsc2)CC1(C)C. The van der Waals surface area contributed by atoms with Gasteiger partial charge in [0.05, 0.1) is 5.41 Å². The second-order valence-corrected chi connectivity index (χ2v) is 8.87. The van der Waals surface area contributed by atoms with Crippen molar-refractivity contribution in [2.75, 3.05) is 0 Å². The average molecular weight is 327 g/mol. The van der Waals surface area contributed by atoms with Crippen molar-refractivity contribution >= 4 is 23.2 Å². The lowest BCUT2D eigenvalue weighted by molar-refractivity contribution is -0.512. The molecule has 1 aliphatic heterocycles. The van der Waals surface area contributed by atoms with Crippen LogP contribution in [0.2, 0.25) is 0 Å². The molecule has 0 N–H and O–H groups in total. The molecule has 122 valence electrons. The van der Waals surface area contributed by atoms with E-state index >= 15 is 0 Å². The third-order valence-electron chi connectivity index (χ3n) is 5.18. The molecule has 1 aromatic carbocycles. The Labute approximate surface area is 144 Å². The van der Waals surface area contributed by atoms with E-state index in [4.69, 9.17) is 0 Å². The molecule has 0 saturated heterocycles. The number of hydrogen-bond donors (Lipinski definition) is 0. The van der Waals surface area contributed by atoms with Gasteiger partial charge in [-0.1, -0.05) is 32.0 Å². The van der Waals surface area contributed by atoms with Gasteiger partial charge in [-0.25, -0.2) is 0 Å². The van der Waals surface area contributed by atoms with Gasteiger partial charge in [0.15, 0.2) is 11.8 Å². The zero-order valence-electron chi connectivity index (χ0n) is 15.2. The van der Waals surface area contributed by atoms with E-state index in [1.807, 2.05) is 0 Å². The Morgan fingerprint density at radius 1 is 1.13 bits per heavy atom. The summed E-state index contributed by atoms with van der Waals surface area (Å²) >= 11 is 1.79. The fraction of sp³-hybridized carbons (Fsp3) is 0.476. The highest BCUT2D eigenvalue weighted by atomic mass is 32.1. The van der Waals surface area contributed by atoms with Gasteiger partial charge < -0.3 is 0 Å². The molecule has 0 saturated carbocycles. The van der Waals surface area contributed by atoms with Crippen molar-refractivity contribution in [3.8, 4) is 0 Å². The summed E-state index contributed by atoms with van der Waals surface area (Å²) in [4.78, 5) is 0. The Morgan fingerprint density at radius 3 is 2.48 bits per heavy atom. The molecular weight excluding hydrogens is 298 g/mol. The van der Waals surface area contributed by atoms with Crippen LogP contribution in [0.1, 0.15) is 63.6 Å². The highest BCUT2D eigenvalue weighted by molar-refractivity contribution is 7.08. The average Bonchev–Trinajstić information content (AvgIpc) is 3.05. The normalized spacial score (nSPS) is 23.3. The van der Waals surface area contributed by atoms with Crippen molar-refractivity contribution in [2.45, 2.75) is 64.8 Å². The molecule has 23 heavy (non-hydrogen) atoms. The Bertz CT molecular complexity index is 737. The lowest BCUT2D eigenvalue weighted by atomic mass is 9.79. The molecule has 0 amide bonds. The Hall–Kier alpha value is -1.41. The molecule has 0 aliphatic carbocycles. The zero-order valence-corrected chi connectivity index (χ0v) is 16.0. The Kier molecular flexibility index (Phi) is 4.00. The minimum atomic E-state index is 0.111. The van der Waals surface area contributed by atoms with Crippen molar-refractivity contribution in [3.05, 3.63) is 51.7 Å². The number of thiophene rings is 1. The van der Waals surface area contributed by atoms with Gasteiger partial charge in [-0.15, -0.1) is 0 Å². The molecule has 3 rings (SSSR count). The summed E-state index contributed by atoms with van der Waals surface area (Å²) in [6.07, 6.45) is 3.62. The Balaban J connectivity index is 2.19. The van der Waals surface area contributed by atoms with E-state index in [-0.39, 0.29) is 11.0 Å². The molecule has 0 radical (unpaired) electrons. The minimum absolute atomic E-state index is 0.111. The molecule has 1 nitrogen and oxygen atoms in total. The van der Waals surface area contributed by atoms with Crippen LogP contribution in [0.25, 0.3) is 0 Å².